The van der Waals surface area contributed by atoms with E-state index in [2.05, 4.69) is 20.3 Å². The van der Waals surface area contributed by atoms with Gasteiger partial charge < -0.3 is 5.32 Å². The topological polar surface area (TPSA) is 55.6 Å². The van der Waals surface area contributed by atoms with Crippen molar-refractivity contribution < 1.29 is 17.6 Å². The van der Waals surface area contributed by atoms with Crippen LogP contribution in [0.5, 0.6) is 0 Å². The van der Waals surface area contributed by atoms with Crippen LogP contribution in [0, 0.1) is 13.8 Å². The summed E-state index contributed by atoms with van der Waals surface area (Å²) in [5.41, 5.74) is 0.189. The summed E-state index contributed by atoms with van der Waals surface area (Å²) in [7, 11) is 0. The highest BCUT2D eigenvalue weighted by Crippen LogP contribution is 2.32. The largest absolute Gasteiger partial charge is 0.435 e. The Morgan fingerprint density at radius 3 is 2.31 bits per heavy atom. The molecule has 2 heterocycles. The first-order chi connectivity index (χ1) is 12.3. The number of imidazole rings is 1. The Hall–Kier alpha value is -2.97. The average molecular weight is 365 g/mol. The third kappa shape index (κ3) is 3.51. The van der Waals surface area contributed by atoms with E-state index in [1.54, 1.807) is 24.3 Å². The van der Waals surface area contributed by atoms with Crippen molar-refractivity contribution in [1.29, 1.82) is 0 Å². The number of aryl methyl sites for hydroxylation is 1. The van der Waals surface area contributed by atoms with Crippen LogP contribution in [0.15, 0.2) is 36.7 Å². The minimum atomic E-state index is -4.54. The average Bonchev–Trinajstić information content (AvgIpc) is 2.90. The van der Waals surface area contributed by atoms with Gasteiger partial charge in [-0.2, -0.15) is 13.2 Å². The van der Waals surface area contributed by atoms with E-state index in [4.69, 9.17) is 0 Å². The highest BCUT2D eigenvalue weighted by Gasteiger charge is 2.37. The zero-order valence-corrected chi connectivity index (χ0v) is 14.0. The first-order valence-corrected chi connectivity index (χ1v) is 7.67. The predicted octanol–water partition coefficient (Wildman–Crippen LogP) is 4.51. The molecule has 26 heavy (non-hydrogen) atoms. The van der Waals surface area contributed by atoms with E-state index in [0.29, 0.717) is 17.1 Å². The summed E-state index contributed by atoms with van der Waals surface area (Å²) < 4.78 is 53.0. The Labute approximate surface area is 146 Å². The molecule has 0 amide bonds. The lowest BCUT2D eigenvalue weighted by Gasteiger charge is -2.10. The van der Waals surface area contributed by atoms with Gasteiger partial charge in [-0.25, -0.2) is 14.4 Å². The molecule has 2 aromatic heterocycles. The first kappa shape index (κ1) is 17.8. The monoisotopic (exact) mass is 365 g/mol. The summed E-state index contributed by atoms with van der Waals surface area (Å²) >= 11 is 0. The molecule has 5 nitrogen and oxygen atoms in total. The van der Waals surface area contributed by atoms with E-state index in [-0.39, 0.29) is 17.3 Å². The summed E-state index contributed by atoms with van der Waals surface area (Å²) in [5.74, 6) is 0.721. The smallest absolute Gasteiger partial charge is 0.339 e. The van der Waals surface area contributed by atoms with Gasteiger partial charge in [-0.05, 0) is 31.5 Å². The molecule has 0 aliphatic carbocycles. The van der Waals surface area contributed by atoms with Crippen molar-refractivity contribution in [2.24, 2.45) is 0 Å². The number of halogens is 4. The lowest BCUT2D eigenvalue weighted by molar-refractivity contribution is -0.141. The Morgan fingerprint density at radius 2 is 1.73 bits per heavy atom. The van der Waals surface area contributed by atoms with E-state index in [1.807, 2.05) is 0 Å². The zero-order chi connectivity index (χ0) is 18.9. The fourth-order valence-electron chi connectivity index (χ4n) is 2.60. The van der Waals surface area contributed by atoms with Gasteiger partial charge >= 0.3 is 6.18 Å². The van der Waals surface area contributed by atoms with Crippen LogP contribution in [0.1, 0.15) is 22.8 Å². The minimum absolute atomic E-state index is 0.0613. The Balaban J connectivity index is 1.93. The second kappa shape index (κ2) is 6.74. The van der Waals surface area contributed by atoms with Gasteiger partial charge in [-0.3, -0.25) is 9.55 Å². The molecule has 0 fully saturated rings. The molecule has 3 rings (SSSR count). The van der Waals surface area contributed by atoms with E-state index in [1.165, 1.54) is 30.8 Å². The molecule has 3 aromatic rings. The van der Waals surface area contributed by atoms with Crippen LogP contribution in [0.2, 0.25) is 0 Å². The molecule has 0 aliphatic rings. The van der Waals surface area contributed by atoms with Crippen molar-refractivity contribution in [3.05, 3.63) is 59.4 Å². The van der Waals surface area contributed by atoms with Crippen molar-refractivity contribution in [3.63, 3.8) is 0 Å². The van der Waals surface area contributed by atoms with Crippen LogP contribution < -0.4 is 5.32 Å². The summed E-state index contributed by atoms with van der Waals surface area (Å²) in [5, 5.41) is 2.99. The lowest BCUT2D eigenvalue weighted by Crippen LogP contribution is -2.09. The predicted molar refractivity (Wildman–Crippen MR) is 88.2 cm³/mol. The molecule has 0 aliphatic heterocycles. The number of rotatable bonds is 4. The SMILES string of the molecule is Cc1nc(C(F)(F)F)c(C)n1-c1cncc(Nc2ccc(CF)cc2)n1. The van der Waals surface area contributed by atoms with Crippen LogP contribution in [0.4, 0.5) is 29.1 Å². The van der Waals surface area contributed by atoms with Crippen molar-refractivity contribution in [3.8, 4) is 5.82 Å². The van der Waals surface area contributed by atoms with Gasteiger partial charge in [0.05, 0.1) is 18.1 Å². The zero-order valence-electron chi connectivity index (χ0n) is 14.0. The molecular formula is C17H15F4N5. The van der Waals surface area contributed by atoms with E-state index < -0.39 is 18.5 Å². The number of anilines is 2. The number of benzene rings is 1. The second-order valence-electron chi connectivity index (χ2n) is 5.64. The van der Waals surface area contributed by atoms with Crippen molar-refractivity contribution in [2.75, 3.05) is 5.32 Å². The third-order valence-corrected chi connectivity index (χ3v) is 3.78. The maximum atomic E-state index is 13.0. The molecule has 9 heteroatoms. The van der Waals surface area contributed by atoms with Crippen molar-refractivity contribution in [2.45, 2.75) is 26.7 Å². The van der Waals surface area contributed by atoms with E-state index >= 15 is 0 Å². The quantitative estimate of drug-likeness (QED) is 0.691. The maximum Gasteiger partial charge on any atom is 0.435 e. The number of hydrogen-bond donors (Lipinski definition) is 1. The molecule has 0 radical (unpaired) electrons. The number of aromatic nitrogens is 4. The molecule has 0 bridgehead atoms. The van der Waals surface area contributed by atoms with Crippen LogP contribution in [0.3, 0.4) is 0 Å². The lowest BCUT2D eigenvalue weighted by atomic mass is 10.2. The van der Waals surface area contributed by atoms with Crippen LogP contribution in [0.25, 0.3) is 5.82 Å². The van der Waals surface area contributed by atoms with Gasteiger partial charge in [0.25, 0.3) is 0 Å². The number of alkyl halides is 4. The number of nitrogens with one attached hydrogen (secondary N) is 1. The Bertz CT molecular complexity index is 916. The highest BCUT2D eigenvalue weighted by molar-refractivity contribution is 5.56. The van der Waals surface area contributed by atoms with Gasteiger partial charge in [-0.15, -0.1) is 0 Å². The normalized spacial score (nSPS) is 11.6. The number of nitrogens with zero attached hydrogens (tertiary/aromatic N) is 4. The molecule has 0 spiro atoms. The number of hydrogen-bond acceptors (Lipinski definition) is 4. The molecule has 0 saturated heterocycles. The summed E-state index contributed by atoms with van der Waals surface area (Å²) in [6.45, 7) is 2.25. The van der Waals surface area contributed by atoms with Crippen molar-refractivity contribution >= 4 is 11.5 Å². The van der Waals surface area contributed by atoms with E-state index in [0.717, 1.165) is 0 Å². The standard InChI is InChI=1S/C17H15F4N5/c1-10-16(17(19,20)21)23-11(2)26(10)15-9-22-8-14(25-15)24-13-5-3-12(7-18)4-6-13/h3-6,8-9H,7H2,1-2H3,(H,24,25). The molecule has 1 aromatic carbocycles. The summed E-state index contributed by atoms with van der Waals surface area (Å²) in [4.78, 5) is 11.9. The van der Waals surface area contributed by atoms with Gasteiger partial charge in [-0.1, -0.05) is 12.1 Å². The second-order valence-corrected chi connectivity index (χ2v) is 5.64. The Kier molecular flexibility index (Phi) is 4.62. The minimum Gasteiger partial charge on any atom is -0.339 e. The fourth-order valence-corrected chi connectivity index (χ4v) is 2.60. The van der Waals surface area contributed by atoms with Crippen LogP contribution >= 0.6 is 0 Å². The Morgan fingerprint density at radius 1 is 1.04 bits per heavy atom. The molecule has 0 atom stereocenters. The van der Waals surface area contributed by atoms with Gasteiger partial charge in [0.15, 0.2) is 17.3 Å². The molecular weight excluding hydrogens is 350 g/mol. The van der Waals surface area contributed by atoms with Crippen molar-refractivity contribution in [1.82, 2.24) is 19.5 Å². The molecule has 0 saturated carbocycles. The van der Waals surface area contributed by atoms with Crippen LogP contribution in [-0.2, 0) is 12.9 Å². The van der Waals surface area contributed by atoms with Gasteiger partial charge in [0.2, 0.25) is 0 Å². The van der Waals surface area contributed by atoms with Gasteiger partial charge in [0, 0.05) is 5.69 Å². The highest BCUT2D eigenvalue weighted by atomic mass is 19.4. The van der Waals surface area contributed by atoms with Gasteiger partial charge in [0.1, 0.15) is 12.5 Å². The molecule has 0 unspecified atom stereocenters. The summed E-state index contributed by atoms with van der Waals surface area (Å²) in [6.07, 6.45) is -1.74. The van der Waals surface area contributed by atoms with Crippen LogP contribution in [-0.4, -0.2) is 19.5 Å². The molecule has 1 N–H and O–H groups in total. The summed E-state index contributed by atoms with van der Waals surface area (Å²) in [6, 6.07) is 6.61. The third-order valence-electron chi connectivity index (χ3n) is 3.78. The maximum absolute atomic E-state index is 13.0. The molecule has 136 valence electrons. The fraction of sp³-hybridized carbons (Fsp3) is 0.235. The first-order valence-electron chi connectivity index (χ1n) is 7.67. The van der Waals surface area contributed by atoms with E-state index in [9.17, 15) is 17.6 Å².